The summed E-state index contributed by atoms with van der Waals surface area (Å²) in [6, 6.07) is 6.59. The van der Waals surface area contributed by atoms with Crippen molar-refractivity contribution >= 4 is 30.0 Å². The highest BCUT2D eigenvalue weighted by Crippen LogP contribution is 2.34. The number of aliphatic imine (C=N–C) groups is 3. The molecule has 0 saturated carbocycles. The van der Waals surface area contributed by atoms with E-state index in [1.54, 1.807) is 6.21 Å². The van der Waals surface area contributed by atoms with Crippen LogP contribution in [0.5, 0.6) is 0 Å². The summed E-state index contributed by atoms with van der Waals surface area (Å²) in [7, 11) is 0. The summed E-state index contributed by atoms with van der Waals surface area (Å²) < 4.78 is 4.93. The molecule has 2 unspecified atom stereocenters. The second kappa shape index (κ2) is 7.78. The third-order valence-corrected chi connectivity index (χ3v) is 3.20. The summed E-state index contributed by atoms with van der Waals surface area (Å²) >= 11 is 0. The summed E-state index contributed by atoms with van der Waals surface area (Å²) in [4.78, 5) is 43.4. The van der Waals surface area contributed by atoms with Crippen molar-refractivity contribution in [1.29, 1.82) is 0 Å². The minimum atomic E-state index is -0.958. The van der Waals surface area contributed by atoms with Crippen molar-refractivity contribution in [3.63, 3.8) is 0 Å². The Balaban J connectivity index is 2.01. The fraction of sp³-hybridized carbons (Fsp3) is 0.333. The molecule has 0 aliphatic carbocycles. The average molecular weight is 299 g/mol. The highest BCUT2D eigenvalue weighted by atomic mass is 16.5. The number of nitrogens with zero attached hydrogens (tertiary/aromatic N) is 3. The molecule has 22 heavy (non-hydrogen) atoms. The zero-order valence-electron chi connectivity index (χ0n) is 11.6. The summed E-state index contributed by atoms with van der Waals surface area (Å²) in [6.07, 6.45) is 4.73. The molecule has 0 radical (unpaired) electrons. The number of isocyanates is 2. The molecule has 7 heteroatoms. The monoisotopic (exact) mass is 299 g/mol. The number of hydrogen-bond donors (Lipinski definition) is 0. The number of hydrogen-bond acceptors (Lipinski definition) is 7. The molecule has 112 valence electrons. The van der Waals surface area contributed by atoms with Crippen molar-refractivity contribution in [2.75, 3.05) is 13.2 Å². The SMILES string of the molecule is O=C=NCCOC(=O)C(CC1C=Nc2ccccc21)N=C=O. The molecular weight excluding hydrogens is 286 g/mol. The molecule has 1 aromatic rings. The van der Waals surface area contributed by atoms with Crippen molar-refractivity contribution in [3.8, 4) is 0 Å². The van der Waals surface area contributed by atoms with Gasteiger partial charge in [-0.25, -0.2) is 19.4 Å². The van der Waals surface area contributed by atoms with Gasteiger partial charge in [0.05, 0.1) is 12.2 Å². The van der Waals surface area contributed by atoms with E-state index in [2.05, 4.69) is 15.0 Å². The molecule has 0 aromatic heterocycles. The van der Waals surface area contributed by atoms with E-state index in [9.17, 15) is 14.4 Å². The van der Waals surface area contributed by atoms with E-state index in [4.69, 9.17) is 4.74 Å². The normalized spacial score (nSPS) is 16.1. The molecule has 1 aliphatic rings. The standard InChI is InChI=1S/C15H13N3O4/c19-9-16-5-6-22-15(21)14(18-10-20)7-11-8-17-13-4-2-1-3-12(11)13/h1-4,8,11,14H,5-7H2. The minimum Gasteiger partial charge on any atom is -0.462 e. The van der Waals surface area contributed by atoms with Gasteiger partial charge < -0.3 is 4.74 Å². The van der Waals surface area contributed by atoms with E-state index in [1.165, 1.54) is 12.2 Å². The Kier molecular flexibility index (Phi) is 5.49. The molecule has 0 fully saturated rings. The van der Waals surface area contributed by atoms with Gasteiger partial charge in [-0.15, -0.1) is 0 Å². The van der Waals surface area contributed by atoms with E-state index < -0.39 is 12.0 Å². The fourth-order valence-electron chi connectivity index (χ4n) is 2.20. The average Bonchev–Trinajstić information content (AvgIpc) is 2.94. The van der Waals surface area contributed by atoms with Crippen molar-refractivity contribution in [2.24, 2.45) is 15.0 Å². The number of ether oxygens (including phenoxy) is 1. The Bertz CT molecular complexity index is 673. The molecule has 1 aromatic carbocycles. The number of rotatable bonds is 7. The van der Waals surface area contributed by atoms with Gasteiger partial charge >= 0.3 is 5.97 Å². The number of carbonyl (C=O) groups excluding carboxylic acids is 3. The molecular formula is C15H13N3O4. The predicted molar refractivity (Wildman–Crippen MR) is 77.8 cm³/mol. The van der Waals surface area contributed by atoms with E-state index in [-0.39, 0.29) is 25.5 Å². The van der Waals surface area contributed by atoms with Crippen LogP contribution in [0.15, 0.2) is 39.2 Å². The number of esters is 1. The lowest BCUT2D eigenvalue weighted by molar-refractivity contribution is -0.144. The van der Waals surface area contributed by atoms with Crippen LogP contribution in [-0.2, 0) is 19.1 Å². The molecule has 2 atom stereocenters. The molecule has 1 aliphatic heterocycles. The molecule has 0 spiro atoms. The molecule has 7 nitrogen and oxygen atoms in total. The van der Waals surface area contributed by atoms with E-state index >= 15 is 0 Å². The van der Waals surface area contributed by atoms with Crippen LogP contribution < -0.4 is 0 Å². The molecule has 1 heterocycles. The Morgan fingerprint density at radius 3 is 2.91 bits per heavy atom. The molecule has 0 bridgehead atoms. The van der Waals surface area contributed by atoms with Crippen molar-refractivity contribution < 1.29 is 19.1 Å². The van der Waals surface area contributed by atoms with Gasteiger partial charge in [-0.1, -0.05) is 18.2 Å². The van der Waals surface area contributed by atoms with Crippen molar-refractivity contribution in [2.45, 2.75) is 18.4 Å². The maximum atomic E-state index is 11.9. The smallest absolute Gasteiger partial charge is 0.331 e. The highest BCUT2D eigenvalue weighted by molar-refractivity contribution is 5.83. The van der Waals surface area contributed by atoms with E-state index in [0.717, 1.165) is 11.3 Å². The van der Waals surface area contributed by atoms with Gasteiger partial charge in [0.25, 0.3) is 0 Å². The van der Waals surface area contributed by atoms with Gasteiger partial charge in [0.2, 0.25) is 12.2 Å². The zero-order chi connectivity index (χ0) is 15.8. The predicted octanol–water partition coefficient (Wildman–Crippen LogP) is 1.46. The van der Waals surface area contributed by atoms with Crippen LogP contribution in [0, 0.1) is 0 Å². The fourth-order valence-corrected chi connectivity index (χ4v) is 2.20. The molecule has 0 amide bonds. The molecule has 2 rings (SSSR count). The van der Waals surface area contributed by atoms with E-state index in [1.807, 2.05) is 24.3 Å². The maximum Gasteiger partial charge on any atom is 0.331 e. The van der Waals surface area contributed by atoms with Gasteiger partial charge in [0.15, 0.2) is 6.04 Å². The Hall–Kier alpha value is -2.88. The lowest BCUT2D eigenvalue weighted by atomic mass is 9.94. The summed E-state index contributed by atoms with van der Waals surface area (Å²) in [5, 5.41) is 0. The summed E-state index contributed by atoms with van der Waals surface area (Å²) in [6.45, 7) is -0.0330. The topological polar surface area (TPSA) is 97.5 Å². The first-order valence-corrected chi connectivity index (χ1v) is 6.66. The first-order chi connectivity index (χ1) is 10.8. The van der Waals surface area contributed by atoms with Crippen LogP contribution in [0.1, 0.15) is 17.9 Å². The van der Waals surface area contributed by atoms with Gasteiger partial charge in [0, 0.05) is 12.1 Å². The maximum absolute atomic E-state index is 11.9. The number of benzene rings is 1. The van der Waals surface area contributed by atoms with Crippen LogP contribution >= 0.6 is 0 Å². The number of fused-ring (bicyclic) bond motifs is 1. The Labute approximate surface area is 126 Å². The third-order valence-electron chi connectivity index (χ3n) is 3.20. The van der Waals surface area contributed by atoms with Gasteiger partial charge in [-0.05, 0) is 18.1 Å². The first kappa shape index (κ1) is 15.5. The van der Waals surface area contributed by atoms with Gasteiger partial charge in [0.1, 0.15) is 6.61 Å². The quantitative estimate of drug-likeness (QED) is 0.329. The van der Waals surface area contributed by atoms with Crippen LogP contribution in [0.4, 0.5) is 5.69 Å². The molecule has 0 N–H and O–H groups in total. The molecule has 0 saturated heterocycles. The Morgan fingerprint density at radius 2 is 2.14 bits per heavy atom. The van der Waals surface area contributed by atoms with Crippen LogP contribution in [0.25, 0.3) is 0 Å². The first-order valence-electron chi connectivity index (χ1n) is 6.66. The lowest BCUT2D eigenvalue weighted by Crippen LogP contribution is -2.25. The Morgan fingerprint density at radius 1 is 1.32 bits per heavy atom. The largest absolute Gasteiger partial charge is 0.462 e. The summed E-state index contributed by atoms with van der Waals surface area (Å²) in [5.41, 5.74) is 1.82. The van der Waals surface area contributed by atoms with Gasteiger partial charge in [-0.3, -0.25) is 4.99 Å². The van der Waals surface area contributed by atoms with Crippen LogP contribution in [-0.4, -0.2) is 43.5 Å². The lowest BCUT2D eigenvalue weighted by Gasteiger charge is -2.14. The van der Waals surface area contributed by atoms with Crippen LogP contribution in [0.2, 0.25) is 0 Å². The van der Waals surface area contributed by atoms with E-state index in [0.29, 0.717) is 0 Å². The third kappa shape index (κ3) is 3.82. The minimum absolute atomic E-state index is 0.0283. The number of para-hydroxylation sites is 1. The second-order valence-corrected chi connectivity index (χ2v) is 4.56. The number of carbonyl (C=O) groups is 1. The van der Waals surface area contributed by atoms with Crippen molar-refractivity contribution in [1.82, 2.24) is 0 Å². The highest BCUT2D eigenvalue weighted by Gasteiger charge is 2.27. The van der Waals surface area contributed by atoms with Gasteiger partial charge in [-0.2, -0.15) is 4.99 Å². The summed E-state index contributed by atoms with van der Waals surface area (Å²) in [5.74, 6) is -0.763. The van der Waals surface area contributed by atoms with Crippen molar-refractivity contribution in [3.05, 3.63) is 29.8 Å². The zero-order valence-corrected chi connectivity index (χ0v) is 11.6. The second-order valence-electron chi connectivity index (χ2n) is 4.56. The van der Waals surface area contributed by atoms with Crippen LogP contribution in [0.3, 0.4) is 0 Å².